The summed E-state index contributed by atoms with van der Waals surface area (Å²) in [6, 6.07) is -0.539. The number of aliphatic hydroxyl groups is 2. The van der Waals surface area contributed by atoms with Crippen molar-refractivity contribution in [1.82, 2.24) is 5.32 Å². The van der Waals surface area contributed by atoms with Crippen molar-refractivity contribution in [2.75, 3.05) is 13.2 Å². The SMILES string of the molecule is CCCCCC/C=C\C/C=C\CCCCCCCCCC(=O)OCCCCCCCCCCCCCCCCCCCC/C=C\CCCCCCCCCCCCCCCCCCCC(=O)NC(CO)C(O)CCCCCCCCCCCCCCCCCCCC. The van der Waals surface area contributed by atoms with Crippen LogP contribution in [0.3, 0.4) is 0 Å². The van der Waals surface area contributed by atoms with Crippen molar-refractivity contribution < 1.29 is 24.5 Å². The van der Waals surface area contributed by atoms with Crippen LogP contribution in [0, 0.1) is 0 Å². The van der Waals surface area contributed by atoms with Gasteiger partial charge < -0.3 is 20.3 Å². The molecule has 2 atom stereocenters. The van der Waals surface area contributed by atoms with Crippen LogP contribution in [0.2, 0.25) is 0 Å². The van der Waals surface area contributed by atoms with Crippen LogP contribution in [-0.2, 0) is 14.3 Å². The number of esters is 1. The molecule has 0 aromatic carbocycles. The fourth-order valence-corrected chi connectivity index (χ4v) is 13.5. The van der Waals surface area contributed by atoms with Crippen LogP contribution in [0.15, 0.2) is 36.5 Å². The minimum absolute atomic E-state index is 0.0159. The van der Waals surface area contributed by atoms with E-state index in [1.54, 1.807) is 0 Å². The number of amides is 1. The first-order valence-corrected chi connectivity index (χ1v) is 42.2. The Hall–Kier alpha value is -1.92. The highest BCUT2D eigenvalue weighted by atomic mass is 16.5. The molecule has 0 saturated carbocycles. The third-order valence-corrected chi connectivity index (χ3v) is 19.9. The molecule has 3 N–H and O–H groups in total. The van der Waals surface area contributed by atoms with Gasteiger partial charge in [-0.15, -0.1) is 0 Å². The average molecular weight is 1290 g/mol. The number of aliphatic hydroxyl groups excluding tert-OH is 2. The lowest BCUT2D eigenvalue weighted by molar-refractivity contribution is -0.143. The fourth-order valence-electron chi connectivity index (χ4n) is 13.5. The first-order chi connectivity index (χ1) is 45.5. The highest BCUT2D eigenvalue weighted by Gasteiger charge is 2.20. The number of hydrogen-bond donors (Lipinski definition) is 3. The quantitative estimate of drug-likeness (QED) is 0.0320. The van der Waals surface area contributed by atoms with E-state index in [1.807, 2.05) is 0 Å². The molecule has 0 heterocycles. The topological polar surface area (TPSA) is 95.9 Å². The van der Waals surface area contributed by atoms with Gasteiger partial charge in [0.05, 0.1) is 25.4 Å². The Balaban J connectivity index is 3.32. The van der Waals surface area contributed by atoms with Crippen LogP contribution in [0.4, 0.5) is 0 Å². The molecule has 0 fully saturated rings. The standard InChI is InChI=1S/C86H165NO5/c1-3-5-7-9-11-13-15-17-19-21-46-50-54-58-62-66-70-74-78-84(89)83(82-88)87-85(90)79-75-71-67-63-59-55-51-47-44-42-40-38-36-34-32-30-28-26-24-23-25-27-29-31-33-35-37-39-41-43-45-49-53-57-61-65-69-73-77-81-92-86(91)80-76-72-68-64-60-56-52-48-22-20-18-16-14-12-10-8-6-4-2/h14,16,20,22-24,83-84,88-89H,3-13,15,17-19,21,25-82H2,1-2H3,(H,87,90)/b16-14-,22-20-,24-23-. The highest BCUT2D eigenvalue weighted by molar-refractivity contribution is 5.76. The average Bonchev–Trinajstić information content (AvgIpc) is 3.61. The molecule has 0 bridgehead atoms. The van der Waals surface area contributed by atoms with E-state index < -0.39 is 12.1 Å². The maximum Gasteiger partial charge on any atom is 0.305 e. The van der Waals surface area contributed by atoms with E-state index in [9.17, 15) is 19.8 Å². The van der Waals surface area contributed by atoms with Crippen LogP contribution in [0.25, 0.3) is 0 Å². The number of hydrogen-bond acceptors (Lipinski definition) is 5. The molecule has 6 nitrogen and oxygen atoms in total. The molecule has 0 saturated heterocycles. The van der Waals surface area contributed by atoms with Gasteiger partial charge in [-0.25, -0.2) is 0 Å². The predicted octanol–water partition coefficient (Wildman–Crippen LogP) is 28.2. The number of unbranched alkanes of at least 4 members (excludes halogenated alkanes) is 63. The largest absolute Gasteiger partial charge is 0.466 e. The summed E-state index contributed by atoms with van der Waals surface area (Å²) in [6.45, 7) is 4.99. The number of rotatable bonds is 80. The molecule has 1 amide bonds. The van der Waals surface area contributed by atoms with Crippen molar-refractivity contribution >= 4 is 11.9 Å². The van der Waals surface area contributed by atoms with Gasteiger partial charge in [0.15, 0.2) is 0 Å². The minimum atomic E-state index is -0.662. The molecule has 0 aliphatic carbocycles. The van der Waals surface area contributed by atoms with Crippen molar-refractivity contribution in [3.05, 3.63) is 36.5 Å². The Bertz CT molecular complexity index is 1490. The molecule has 0 aliphatic rings. The van der Waals surface area contributed by atoms with Gasteiger partial charge in [0.25, 0.3) is 0 Å². The van der Waals surface area contributed by atoms with E-state index in [-0.39, 0.29) is 18.5 Å². The van der Waals surface area contributed by atoms with Crippen molar-refractivity contribution in [3.63, 3.8) is 0 Å². The molecule has 6 heteroatoms. The molecular weight excluding hydrogens is 1130 g/mol. The van der Waals surface area contributed by atoms with Crippen molar-refractivity contribution in [1.29, 1.82) is 0 Å². The summed E-state index contributed by atoms with van der Waals surface area (Å²) in [7, 11) is 0. The summed E-state index contributed by atoms with van der Waals surface area (Å²) in [5.74, 6) is -0.0101. The van der Waals surface area contributed by atoms with Gasteiger partial charge in [-0.3, -0.25) is 9.59 Å². The molecule has 0 radical (unpaired) electrons. The van der Waals surface area contributed by atoms with E-state index in [0.717, 1.165) is 51.4 Å². The second kappa shape index (κ2) is 81.5. The summed E-state index contributed by atoms with van der Waals surface area (Å²) in [5, 5.41) is 23.4. The van der Waals surface area contributed by atoms with Gasteiger partial charge in [-0.1, -0.05) is 416 Å². The van der Waals surface area contributed by atoms with Crippen LogP contribution >= 0.6 is 0 Å². The monoisotopic (exact) mass is 1290 g/mol. The molecule has 0 aliphatic heterocycles. The van der Waals surface area contributed by atoms with Crippen molar-refractivity contribution in [2.45, 2.75) is 488 Å². The summed E-state index contributed by atoms with van der Waals surface area (Å²) in [5.41, 5.74) is 0. The van der Waals surface area contributed by atoms with E-state index in [1.165, 1.54) is 392 Å². The second-order valence-corrected chi connectivity index (χ2v) is 29.2. The number of allylic oxidation sites excluding steroid dienone is 6. The highest BCUT2D eigenvalue weighted by Crippen LogP contribution is 2.20. The molecule has 544 valence electrons. The Labute approximate surface area is 576 Å². The summed E-state index contributed by atoms with van der Waals surface area (Å²) in [6.07, 6.45) is 107. The number of nitrogens with one attached hydrogen (secondary N) is 1. The van der Waals surface area contributed by atoms with E-state index >= 15 is 0 Å². The van der Waals surface area contributed by atoms with Crippen molar-refractivity contribution in [3.8, 4) is 0 Å². The van der Waals surface area contributed by atoms with Crippen LogP contribution in [0.1, 0.15) is 476 Å². The first kappa shape index (κ1) is 90.1. The third kappa shape index (κ3) is 77.1. The van der Waals surface area contributed by atoms with E-state index in [0.29, 0.717) is 25.9 Å². The number of ether oxygens (including phenoxy) is 1. The second-order valence-electron chi connectivity index (χ2n) is 29.2. The first-order valence-electron chi connectivity index (χ1n) is 42.2. The Morgan fingerprint density at radius 2 is 0.543 bits per heavy atom. The van der Waals surface area contributed by atoms with Gasteiger partial charge in [0, 0.05) is 12.8 Å². The Morgan fingerprint density at radius 3 is 0.848 bits per heavy atom. The van der Waals surface area contributed by atoms with E-state index in [2.05, 4.69) is 55.6 Å². The van der Waals surface area contributed by atoms with E-state index in [4.69, 9.17) is 4.74 Å². The molecule has 0 spiro atoms. The molecule has 0 aromatic heterocycles. The minimum Gasteiger partial charge on any atom is -0.466 e. The third-order valence-electron chi connectivity index (χ3n) is 19.9. The Morgan fingerprint density at radius 1 is 0.304 bits per heavy atom. The number of carbonyl (C=O) groups excluding carboxylic acids is 2. The summed E-state index contributed by atoms with van der Waals surface area (Å²) in [4.78, 5) is 24.7. The molecular formula is C86H165NO5. The summed E-state index contributed by atoms with van der Waals surface area (Å²) < 4.78 is 5.51. The van der Waals surface area contributed by atoms with Crippen LogP contribution < -0.4 is 5.32 Å². The zero-order chi connectivity index (χ0) is 66.3. The molecule has 0 rings (SSSR count). The van der Waals surface area contributed by atoms with Gasteiger partial charge in [0.1, 0.15) is 0 Å². The predicted molar refractivity (Wildman–Crippen MR) is 407 cm³/mol. The summed E-state index contributed by atoms with van der Waals surface area (Å²) >= 11 is 0. The van der Waals surface area contributed by atoms with Gasteiger partial charge in [0.2, 0.25) is 5.91 Å². The van der Waals surface area contributed by atoms with Gasteiger partial charge in [-0.05, 0) is 83.5 Å². The molecule has 92 heavy (non-hydrogen) atoms. The van der Waals surface area contributed by atoms with Gasteiger partial charge >= 0.3 is 5.97 Å². The maximum atomic E-state index is 12.6. The fraction of sp³-hybridized carbons (Fsp3) is 0.907. The van der Waals surface area contributed by atoms with Crippen LogP contribution in [-0.4, -0.2) is 47.4 Å². The zero-order valence-electron chi connectivity index (χ0n) is 62.6. The van der Waals surface area contributed by atoms with Crippen molar-refractivity contribution in [2.24, 2.45) is 0 Å². The Kier molecular flexibility index (Phi) is 79.8. The lowest BCUT2D eigenvalue weighted by Crippen LogP contribution is -2.45. The van der Waals surface area contributed by atoms with Crippen LogP contribution in [0.5, 0.6) is 0 Å². The maximum absolute atomic E-state index is 12.6. The zero-order valence-corrected chi connectivity index (χ0v) is 62.6. The normalized spacial score (nSPS) is 12.6. The van der Waals surface area contributed by atoms with Gasteiger partial charge in [-0.2, -0.15) is 0 Å². The molecule has 2 unspecified atom stereocenters. The lowest BCUT2D eigenvalue weighted by atomic mass is 10.0. The smallest absolute Gasteiger partial charge is 0.305 e. The molecule has 0 aromatic rings. The number of carbonyl (C=O) groups is 2. The lowest BCUT2D eigenvalue weighted by Gasteiger charge is -2.22.